The Hall–Kier alpha value is -2.97. The molecule has 0 atom stereocenters. The predicted octanol–water partition coefficient (Wildman–Crippen LogP) is 3.00. The molecule has 0 unspecified atom stereocenters. The van der Waals surface area contributed by atoms with Crippen molar-refractivity contribution >= 4 is 18.4 Å². The lowest BCUT2D eigenvalue weighted by molar-refractivity contribution is 0.0939. The number of ether oxygens (including phenoxy) is 5. The molecule has 9 nitrogen and oxygen atoms in total. The monoisotopic (exact) mass is 355 g/mol. The van der Waals surface area contributed by atoms with Crippen LogP contribution in [0.25, 0.3) is 0 Å². The summed E-state index contributed by atoms with van der Waals surface area (Å²) in [6, 6.07) is 4.42. The molecule has 0 aromatic heterocycles. The van der Waals surface area contributed by atoms with Gasteiger partial charge in [-0.15, -0.1) is 0 Å². The summed E-state index contributed by atoms with van der Waals surface area (Å²) in [4.78, 5) is 34.3. The van der Waals surface area contributed by atoms with Gasteiger partial charge in [0.1, 0.15) is 0 Å². The Morgan fingerprint density at radius 1 is 0.840 bits per heavy atom. The second kappa shape index (κ2) is 10.7. The molecule has 0 heterocycles. The highest BCUT2D eigenvalue weighted by atomic mass is 16.7. The highest BCUT2D eigenvalue weighted by Gasteiger charge is 2.16. The lowest BCUT2D eigenvalue weighted by Crippen LogP contribution is -2.23. The fraction of sp³-hybridized carbons (Fsp3) is 0.438. The van der Waals surface area contributed by atoms with Crippen LogP contribution >= 0.6 is 0 Å². The molecule has 0 radical (unpaired) electrons. The van der Waals surface area contributed by atoms with Gasteiger partial charge in [-0.05, 0) is 38.5 Å². The van der Waals surface area contributed by atoms with Crippen LogP contribution < -0.4 is 14.8 Å². The minimum atomic E-state index is -0.952. The molecule has 0 saturated heterocycles. The first-order chi connectivity index (χ1) is 12.0. The third kappa shape index (κ3) is 7.42. The maximum absolute atomic E-state index is 11.5. The van der Waals surface area contributed by atoms with E-state index >= 15 is 0 Å². The SMILES string of the molecule is CCOC(=O)NCc1ccc(OC(=O)OCC)c(OC(=O)OCC)c1. The molecule has 0 aliphatic heterocycles. The molecule has 0 aliphatic rings. The molecule has 0 spiro atoms. The van der Waals surface area contributed by atoms with E-state index in [9.17, 15) is 14.4 Å². The summed E-state index contributed by atoms with van der Waals surface area (Å²) in [7, 11) is 0. The second-order valence-corrected chi connectivity index (χ2v) is 4.43. The van der Waals surface area contributed by atoms with Crippen LogP contribution in [0.5, 0.6) is 11.5 Å². The van der Waals surface area contributed by atoms with E-state index in [0.717, 1.165) is 0 Å². The predicted molar refractivity (Wildman–Crippen MR) is 85.6 cm³/mol. The topological polar surface area (TPSA) is 109 Å². The molecule has 9 heteroatoms. The number of carbonyl (C=O) groups is 3. The van der Waals surface area contributed by atoms with E-state index in [4.69, 9.17) is 18.9 Å². The van der Waals surface area contributed by atoms with Crippen LogP contribution in [-0.4, -0.2) is 38.2 Å². The summed E-state index contributed by atoms with van der Waals surface area (Å²) in [6.07, 6.45) is -2.47. The maximum atomic E-state index is 11.5. The van der Waals surface area contributed by atoms with E-state index in [0.29, 0.717) is 5.56 Å². The van der Waals surface area contributed by atoms with Gasteiger partial charge in [0.15, 0.2) is 11.5 Å². The lowest BCUT2D eigenvalue weighted by Gasteiger charge is -2.12. The van der Waals surface area contributed by atoms with Gasteiger partial charge in [-0.3, -0.25) is 0 Å². The molecule has 0 fully saturated rings. The summed E-state index contributed by atoms with van der Waals surface area (Å²) < 4.78 is 24.1. The minimum absolute atomic E-state index is 0.0219. The average Bonchev–Trinajstić information content (AvgIpc) is 2.55. The van der Waals surface area contributed by atoms with Crippen molar-refractivity contribution in [3.05, 3.63) is 23.8 Å². The Labute approximate surface area is 145 Å². The van der Waals surface area contributed by atoms with Gasteiger partial charge in [0.2, 0.25) is 0 Å². The number of carbonyl (C=O) groups excluding carboxylic acids is 3. The average molecular weight is 355 g/mol. The summed E-state index contributed by atoms with van der Waals surface area (Å²) in [6.45, 7) is 5.56. The number of alkyl carbamates (subject to hydrolysis) is 1. The zero-order valence-corrected chi connectivity index (χ0v) is 14.3. The highest BCUT2D eigenvalue weighted by Crippen LogP contribution is 2.29. The van der Waals surface area contributed by atoms with Crippen molar-refractivity contribution < 1.29 is 38.1 Å². The second-order valence-electron chi connectivity index (χ2n) is 4.43. The molecule has 25 heavy (non-hydrogen) atoms. The molecular formula is C16H21NO8. The Kier molecular flexibility index (Phi) is 8.62. The van der Waals surface area contributed by atoms with Crippen molar-refractivity contribution in [3.8, 4) is 11.5 Å². The normalized spacial score (nSPS) is 9.72. The lowest BCUT2D eigenvalue weighted by atomic mass is 10.2. The van der Waals surface area contributed by atoms with Gasteiger partial charge in [0.25, 0.3) is 0 Å². The smallest absolute Gasteiger partial charge is 0.450 e. The Balaban J connectivity index is 2.90. The van der Waals surface area contributed by atoms with Gasteiger partial charge in [0, 0.05) is 6.54 Å². The van der Waals surface area contributed by atoms with Crippen LogP contribution in [0.4, 0.5) is 14.4 Å². The first-order valence-electron chi connectivity index (χ1n) is 7.72. The number of amides is 1. The third-order valence-electron chi connectivity index (χ3n) is 2.63. The van der Waals surface area contributed by atoms with Crippen LogP contribution in [0.2, 0.25) is 0 Å². The highest BCUT2D eigenvalue weighted by molar-refractivity contribution is 5.69. The summed E-state index contributed by atoms with van der Waals surface area (Å²) >= 11 is 0. The van der Waals surface area contributed by atoms with Crippen LogP contribution in [-0.2, 0) is 20.8 Å². The van der Waals surface area contributed by atoms with Crippen molar-refractivity contribution in [2.75, 3.05) is 19.8 Å². The van der Waals surface area contributed by atoms with E-state index in [1.165, 1.54) is 12.1 Å². The van der Waals surface area contributed by atoms with Crippen LogP contribution in [0.1, 0.15) is 26.3 Å². The molecule has 1 amide bonds. The Morgan fingerprint density at radius 2 is 1.40 bits per heavy atom. The minimum Gasteiger partial charge on any atom is -0.450 e. The van der Waals surface area contributed by atoms with Crippen molar-refractivity contribution in [2.24, 2.45) is 0 Å². The molecule has 0 saturated carbocycles. The Morgan fingerprint density at radius 3 is 1.96 bits per heavy atom. The fourth-order valence-corrected chi connectivity index (χ4v) is 1.66. The van der Waals surface area contributed by atoms with Gasteiger partial charge in [-0.2, -0.15) is 0 Å². The zero-order valence-electron chi connectivity index (χ0n) is 14.3. The van der Waals surface area contributed by atoms with Crippen molar-refractivity contribution in [2.45, 2.75) is 27.3 Å². The first kappa shape index (κ1) is 20.1. The van der Waals surface area contributed by atoms with Crippen molar-refractivity contribution in [1.82, 2.24) is 5.32 Å². The number of hydrogen-bond acceptors (Lipinski definition) is 8. The molecule has 1 aromatic rings. The van der Waals surface area contributed by atoms with Gasteiger partial charge in [-0.1, -0.05) is 6.07 Å². The maximum Gasteiger partial charge on any atom is 0.513 e. The molecule has 1 N–H and O–H groups in total. The van der Waals surface area contributed by atoms with Gasteiger partial charge in [0.05, 0.1) is 19.8 Å². The van der Waals surface area contributed by atoms with Gasteiger partial charge >= 0.3 is 18.4 Å². The molecule has 0 bridgehead atoms. The van der Waals surface area contributed by atoms with Crippen molar-refractivity contribution in [1.29, 1.82) is 0 Å². The molecule has 0 aliphatic carbocycles. The van der Waals surface area contributed by atoms with Gasteiger partial charge < -0.3 is 29.0 Å². The first-order valence-corrected chi connectivity index (χ1v) is 7.72. The molecule has 1 aromatic carbocycles. The van der Waals surface area contributed by atoms with Crippen LogP contribution in [0, 0.1) is 0 Å². The Bertz CT molecular complexity index is 602. The number of benzene rings is 1. The number of nitrogens with one attached hydrogen (secondary N) is 1. The molecular weight excluding hydrogens is 334 g/mol. The quantitative estimate of drug-likeness (QED) is 0.451. The number of hydrogen-bond donors (Lipinski definition) is 1. The summed E-state index contributed by atoms with van der Waals surface area (Å²) in [5, 5.41) is 2.52. The molecule has 1 rings (SSSR count). The fourth-order valence-electron chi connectivity index (χ4n) is 1.66. The zero-order chi connectivity index (χ0) is 18.7. The standard InChI is InChI=1S/C16H21NO8/c1-4-21-14(18)17-10-11-7-8-12(24-15(19)22-5-2)13(9-11)25-16(20)23-6-3/h7-9H,4-6,10H2,1-3H3,(H,17,18). The van der Waals surface area contributed by atoms with E-state index in [2.05, 4.69) is 10.1 Å². The van der Waals surface area contributed by atoms with E-state index in [1.54, 1.807) is 26.8 Å². The molecule has 138 valence electrons. The van der Waals surface area contributed by atoms with E-state index < -0.39 is 18.4 Å². The van der Waals surface area contributed by atoms with E-state index in [-0.39, 0.29) is 37.9 Å². The van der Waals surface area contributed by atoms with Crippen LogP contribution in [0.3, 0.4) is 0 Å². The van der Waals surface area contributed by atoms with Crippen molar-refractivity contribution in [3.63, 3.8) is 0 Å². The number of rotatable bonds is 7. The van der Waals surface area contributed by atoms with Crippen LogP contribution in [0.15, 0.2) is 18.2 Å². The largest absolute Gasteiger partial charge is 0.513 e. The van der Waals surface area contributed by atoms with Gasteiger partial charge in [-0.25, -0.2) is 14.4 Å². The van der Waals surface area contributed by atoms with E-state index in [1.807, 2.05) is 0 Å². The summed E-state index contributed by atoms with van der Waals surface area (Å²) in [5.41, 5.74) is 0.587. The third-order valence-corrected chi connectivity index (χ3v) is 2.63. The summed E-state index contributed by atoms with van der Waals surface area (Å²) in [5.74, 6) is -0.0685.